The summed E-state index contributed by atoms with van der Waals surface area (Å²) in [6.45, 7) is 5.64. The van der Waals surface area contributed by atoms with E-state index in [1.807, 2.05) is 0 Å². The number of aromatic nitrogens is 1. The molecule has 1 saturated heterocycles. The quantitative estimate of drug-likeness (QED) is 0.787. The van der Waals surface area contributed by atoms with Gasteiger partial charge in [-0.1, -0.05) is 16.8 Å². The minimum Gasteiger partial charge on any atom is -0.496 e. The lowest BCUT2D eigenvalue weighted by Gasteiger charge is -2.34. The average molecular weight is 407 g/mol. The Kier molecular flexibility index (Phi) is 6.53. The first-order valence-electron chi connectivity index (χ1n) is 9.04. The number of piperazine rings is 1. The summed E-state index contributed by atoms with van der Waals surface area (Å²) in [4.78, 5) is 28.7. The van der Waals surface area contributed by atoms with Crippen molar-refractivity contribution in [2.45, 2.75) is 6.92 Å². The molecule has 0 aliphatic carbocycles. The van der Waals surface area contributed by atoms with Crippen LogP contribution in [-0.4, -0.2) is 73.1 Å². The van der Waals surface area contributed by atoms with Crippen molar-refractivity contribution in [1.82, 2.24) is 20.3 Å². The van der Waals surface area contributed by atoms with Gasteiger partial charge in [-0.05, 0) is 25.1 Å². The number of aryl methyl sites for hydroxylation is 1. The number of amides is 2. The first-order chi connectivity index (χ1) is 13.5. The zero-order chi connectivity index (χ0) is 20.1. The number of nitrogens with one attached hydrogen (secondary N) is 1. The van der Waals surface area contributed by atoms with E-state index < -0.39 is 0 Å². The number of carbonyl (C=O) groups is 2. The van der Waals surface area contributed by atoms with Crippen LogP contribution >= 0.6 is 11.6 Å². The van der Waals surface area contributed by atoms with Crippen LogP contribution in [0.15, 0.2) is 28.8 Å². The van der Waals surface area contributed by atoms with Gasteiger partial charge in [-0.2, -0.15) is 0 Å². The Labute approximate surface area is 168 Å². The van der Waals surface area contributed by atoms with Gasteiger partial charge in [0.2, 0.25) is 0 Å². The van der Waals surface area contributed by atoms with Crippen molar-refractivity contribution in [3.63, 3.8) is 0 Å². The van der Waals surface area contributed by atoms with E-state index in [1.54, 1.807) is 36.1 Å². The van der Waals surface area contributed by atoms with E-state index in [0.717, 1.165) is 13.1 Å². The third-order valence-corrected chi connectivity index (χ3v) is 4.86. The molecule has 1 aromatic carbocycles. The monoisotopic (exact) mass is 406 g/mol. The predicted octanol–water partition coefficient (Wildman–Crippen LogP) is 1.83. The first-order valence-corrected chi connectivity index (χ1v) is 9.42. The molecule has 1 aromatic heterocycles. The minimum absolute atomic E-state index is 0.113. The maximum atomic E-state index is 12.4. The van der Waals surface area contributed by atoms with Crippen LogP contribution in [0.5, 0.6) is 5.75 Å². The van der Waals surface area contributed by atoms with Crippen LogP contribution in [0.25, 0.3) is 0 Å². The van der Waals surface area contributed by atoms with E-state index in [0.29, 0.717) is 54.0 Å². The topological polar surface area (TPSA) is 87.9 Å². The van der Waals surface area contributed by atoms with Crippen molar-refractivity contribution in [3.05, 3.63) is 46.3 Å². The van der Waals surface area contributed by atoms with Gasteiger partial charge in [0.25, 0.3) is 11.8 Å². The number of benzene rings is 1. The Morgan fingerprint density at radius 1 is 1.25 bits per heavy atom. The van der Waals surface area contributed by atoms with Gasteiger partial charge in [0, 0.05) is 50.4 Å². The van der Waals surface area contributed by atoms with Crippen LogP contribution in [0.1, 0.15) is 26.6 Å². The van der Waals surface area contributed by atoms with Crippen LogP contribution < -0.4 is 10.1 Å². The van der Waals surface area contributed by atoms with Gasteiger partial charge in [0.15, 0.2) is 5.69 Å². The molecule has 2 heterocycles. The molecule has 0 spiro atoms. The third-order valence-electron chi connectivity index (χ3n) is 4.63. The molecule has 9 heteroatoms. The molecule has 1 aliphatic rings. The highest BCUT2D eigenvalue weighted by Gasteiger charge is 2.24. The Morgan fingerprint density at radius 2 is 2.00 bits per heavy atom. The van der Waals surface area contributed by atoms with Crippen molar-refractivity contribution < 1.29 is 18.8 Å². The second-order valence-corrected chi connectivity index (χ2v) is 6.99. The number of nitrogens with zero attached hydrogens (tertiary/aromatic N) is 3. The van der Waals surface area contributed by atoms with E-state index in [1.165, 1.54) is 7.11 Å². The largest absolute Gasteiger partial charge is 0.496 e. The van der Waals surface area contributed by atoms with Crippen molar-refractivity contribution >= 4 is 23.4 Å². The highest BCUT2D eigenvalue weighted by molar-refractivity contribution is 6.31. The zero-order valence-electron chi connectivity index (χ0n) is 15.9. The fraction of sp³-hybridized carbons (Fsp3) is 0.421. The molecule has 0 unspecified atom stereocenters. The summed E-state index contributed by atoms with van der Waals surface area (Å²) in [6.07, 6.45) is 0. The summed E-state index contributed by atoms with van der Waals surface area (Å²) >= 11 is 5.97. The van der Waals surface area contributed by atoms with Gasteiger partial charge in [-0.15, -0.1) is 0 Å². The number of carbonyl (C=O) groups excluding carboxylic acids is 2. The maximum absolute atomic E-state index is 12.4. The Bertz CT molecular complexity index is 846. The van der Waals surface area contributed by atoms with E-state index in [2.05, 4.69) is 15.4 Å². The SMILES string of the molecule is COc1ccc(Cl)cc1C(=O)NCCN1CCN(C(=O)c2cc(C)on2)CC1. The fourth-order valence-corrected chi connectivity index (χ4v) is 3.26. The minimum atomic E-state index is -0.227. The van der Waals surface area contributed by atoms with Gasteiger partial charge < -0.3 is 19.5 Å². The van der Waals surface area contributed by atoms with E-state index in [4.69, 9.17) is 20.9 Å². The summed E-state index contributed by atoms with van der Waals surface area (Å²) < 4.78 is 10.2. The smallest absolute Gasteiger partial charge is 0.276 e. The molecule has 0 radical (unpaired) electrons. The van der Waals surface area contributed by atoms with Gasteiger partial charge >= 0.3 is 0 Å². The summed E-state index contributed by atoms with van der Waals surface area (Å²) in [5.41, 5.74) is 0.752. The molecule has 28 heavy (non-hydrogen) atoms. The van der Waals surface area contributed by atoms with Crippen molar-refractivity contribution in [2.75, 3.05) is 46.4 Å². The molecule has 2 amide bonds. The Balaban J connectivity index is 1.44. The van der Waals surface area contributed by atoms with Crippen LogP contribution in [0, 0.1) is 6.92 Å². The number of methoxy groups -OCH3 is 1. The average Bonchev–Trinajstić information content (AvgIpc) is 3.14. The lowest BCUT2D eigenvalue weighted by atomic mass is 10.2. The Morgan fingerprint density at radius 3 is 2.64 bits per heavy atom. The highest BCUT2D eigenvalue weighted by atomic mass is 35.5. The molecule has 1 N–H and O–H groups in total. The van der Waals surface area contributed by atoms with Gasteiger partial charge in [-0.25, -0.2) is 0 Å². The van der Waals surface area contributed by atoms with Crippen molar-refractivity contribution in [3.8, 4) is 5.75 Å². The fourth-order valence-electron chi connectivity index (χ4n) is 3.08. The number of hydrogen-bond acceptors (Lipinski definition) is 6. The third kappa shape index (κ3) is 4.82. The second kappa shape index (κ2) is 9.07. The maximum Gasteiger partial charge on any atom is 0.276 e. The lowest BCUT2D eigenvalue weighted by Crippen LogP contribution is -2.50. The predicted molar refractivity (Wildman–Crippen MR) is 104 cm³/mol. The second-order valence-electron chi connectivity index (χ2n) is 6.56. The standard InChI is InChI=1S/C19H23ClN4O4/c1-13-11-16(22-28-13)19(26)24-9-7-23(8-10-24)6-5-21-18(25)15-12-14(20)3-4-17(15)27-2/h3-4,11-12H,5-10H2,1-2H3,(H,21,25). The highest BCUT2D eigenvalue weighted by Crippen LogP contribution is 2.22. The number of rotatable bonds is 6. The van der Waals surface area contributed by atoms with E-state index >= 15 is 0 Å². The van der Waals surface area contributed by atoms with Gasteiger partial charge in [0.05, 0.1) is 12.7 Å². The summed E-state index contributed by atoms with van der Waals surface area (Å²) in [6, 6.07) is 6.59. The number of ether oxygens (including phenoxy) is 1. The molecule has 8 nitrogen and oxygen atoms in total. The zero-order valence-corrected chi connectivity index (χ0v) is 16.7. The van der Waals surface area contributed by atoms with Crippen molar-refractivity contribution in [2.24, 2.45) is 0 Å². The molecule has 2 aromatic rings. The summed E-state index contributed by atoms with van der Waals surface area (Å²) in [5, 5.41) is 7.15. The molecule has 0 saturated carbocycles. The number of halogens is 1. The molecular weight excluding hydrogens is 384 g/mol. The molecule has 150 valence electrons. The lowest BCUT2D eigenvalue weighted by molar-refractivity contribution is 0.0628. The molecular formula is C19H23ClN4O4. The van der Waals surface area contributed by atoms with Crippen LogP contribution in [-0.2, 0) is 0 Å². The molecule has 1 fully saturated rings. The first kappa shape index (κ1) is 20.2. The van der Waals surface area contributed by atoms with Crippen LogP contribution in [0.4, 0.5) is 0 Å². The van der Waals surface area contributed by atoms with Gasteiger partial charge in [-0.3, -0.25) is 14.5 Å². The van der Waals surface area contributed by atoms with Crippen molar-refractivity contribution in [1.29, 1.82) is 0 Å². The Hall–Kier alpha value is -2.58. The normalized spacial score (nSPS) is 14.8. The van der Waals surface area contributed by atoms with E-state index in [9.17, 15) is 9.59 Å². The number of hydrogen-bond donors (Lipinski definition) is 1. The summed E-state index contributed by atoms with van der Waals surface area (Å²) in [5.74, 6) is 0.763. The summed E-state index contributed by atoms with van der Waals surface area (Å²) in [7, 11) is 1.52. The molecule has 1 aliphatic heterocycles. The van der Waals surface area contributed by atoms with E-state index in [-0.39, 0.29) is 11.8 Å². The molecule has 0 atom stereocenters. The molecule has 0 bridgehead atoms. The van der Waals surface area contributed by atoms with Gasteiger partial charge in [0.1, 0.15) is 11.5 Å². The molecule has 3 rings (SSSR count). The van der Waals surface area contributed by atoms with Crippen LogP contribution in [0.2, 0.25) is 5.02 Å². The van der Waals surface area contributed by atoms with Crippen LogP contribution in [0.3, 0.4) is 0 Å².